The fourth-order valence-electron chi connectivity index (χ4n) is 4.13. The summed E-state index contributed by atoms with van der Waals surface area (Å²) in [5, 5.41) is 10.8. The normalized spacial score (nSPS) is 11.6. The van der Waals surface area contributed by atoms with E-state index in [4.69, 9.17) is 4.74 Å². The number of halogens is 3. The van der Waals surface area contributed by atoms with Gasteiger partial charge in [0.2, 0.25) is 0 Å². The van der Waals surface area contributed by atoms with Gasteiger partial charge in [0.15, 0.2) is 0 Å². The number of amides is 1. The number of carbonyl (C=O) groups excluding carboxylic acids is 1. The van der Waals surface area contributed by atoms with Crippen LogP contribution in [0.2, 0.25) is 0 Å². The molecular formula is C28H25F3N6O2. The Bertz CT molecular complexity index is 1680. The van der Waals surface area contributed by atoms with Gasteiger partial charge in [-0.1, -0.05) is 20.8 Å². The summed E-state index contributed by atoms with van der Waals surface area (Å²) in [7, 11) is 1.49. The molecule has 3 N–H and O–H groups in total. The number of anilines is 2. The Labute approximate surface area is 221 Å². The Balaban J connectivity index is 1.45. The van der Waals surface area contributed by atoms with Gasteiger partial charge in [-0.3, -0.25) is 9.78 Å². The minimum absolute atomic E-state index is 0.167. The van der Waals surface area contributed by atoms with Crippen molar-refractivity contribution in [3.63, 3.8) is 0 Å². The van der Waals surface area contributed by atoms with Crippen LogP contribution in [-0.2, 0) is 5.41 Å². The first-order chi connectivity index (χ1) is 18.5. The van der Waals surface area contributed by atoms with Crippen molar-refractivity contribution in [3.05, 3.63) is 89.6 Å². The third-order valence-electron chi connectivity index (χ3n) is 5.90. The summed E-state index contributed by atoms with van der Waals surface area (Å²) in [4.78, 5) is 18.9. The van der Waals surface area contributed by atoms with Gasteiger partial charge < -0.3 is 20.4 Å². The van der Waals surface area contributed by atoms with Crippen LogP contribution in [0.3, 0.4) is 0 Å². The first kappa shape index (κ1) is 25.8. The largest absolute Gasteiger partial charge is 0.457 e. The SMILES string of the molecule is CNC(=O)c1cc(Oc2ccc(Nc3cc4c(C(C)(C)C)nn(-c5cc(F)cc(F)c5)c4[nH]3)c(F)c2)ccn1. The first-order valence-corrected chi connectivity index (χ1v) is 12.0. The second kappa shape index (κ2) is 9.82. The van der Waals surface area contributed by atoms with Crippen LogP contribution in [0.4, 0.5) is 24.7 Å². The lowest BCUT2D eigenvalue weighted by atomic mass is 9.91. The molecule has 5 rings (SSSR count). The molecule has 0 fully saturated rings. The van der Waals surface area contributed by atoms with Crippen LogP contribution < -0.4 is 15.4 Å². The van der Waals surface area contributed by atoms with Gasteiger partial charge in [-0.2, -0.15) is 5.10 Å². The van der Waals surface area contributed by atoms with E-state index in [2.05, 4.69) is 25.7 Å². The van der Waals surface area contributed by atoms with Gasteiger partial charge in [0.05, 0.1) is 17.1 Å². The molecule has 5 aromatic rings. The van der Waals surface area contributed by atoms with E-state index < -0.39 is 17.5 Å². The molecule has 200 valence electrons. The molecule has 0 saturated carbocycles. The van der Waals surface area contributed by atoms with Crippen molar-refractivity contribution in [2.75, 3.05) is 12.4 Å². The van der Waals surface area contributed by atoms with Crippen LogP contribution in [0.25, 0.3) is 16.7 Å². The predicted molar refractivity (Wildman–Crippen MR) is 141 cm³/mol. The van der Waals surface area contributed by atoms with Crippen LogP contribution >= 0.6 is 0 Å². The molecule has 3 heterocycles. The molecule has 3 aromatic heterocycles. The standard InChI is InChI=1S/C28H25F3N6O2/c1-28(2,3)25-20-14-24(35-26(20)37(36-25)17-10-15(29)9-16(30)11-17)34-22-6-5-18(12-21(22)31)39-19-7-8-33-23(13-19)27(38)32-4/h5-14,34-35H,1-4H3,(H,32,38). The molecule has 0 saturated heterocycles. The van der Waals surface area contributed by atoms with E-state index in [1.807, 2.05) is 20.8 Å². The van der Waals surface area contributed by atoms with Crippen molar-refractivity contribution in [2.45, 2.75) is 26.2 Å². The van der Waals surface area contributed by atoms with Gasteiger partial charge >= 0.3 is 0 Å². The summed E-state index contributed by atoms with van der Waals surface area (Å²) in [5.74, 6) is -1.40. The number of ether oxygens (including phenoxy) is 1. The molecule has 0 bridgehead atoms. The smallest absolute Gasteiger partial charge is 0.269 e. The maximum absolute atomic E-state index is 15.0. The summed E-state index contributed by atoms with van der Waals surface area (Å²) in [6.07, 6.45) is 1.42. The van der Waals surface area contributed by atoms with Gasteiger partial charge in [0, 0.05) is 42.2 Å². The molecule has 0 unspecified atom stereocenters. The molecule has 0 aliphatic carbocycles. The second-order valence-electron chi connectivity index (χ2n) is 9.91. The van der Waals surface area contributed by atoms with Gasteiger partial charge in [-0.15, -0.1) is 0 Å². The van der Waals surface area contributed by atoms with Crippen LogP contribution in [0.1, 0.15) is 37.0 Å². The molecule has 0 aliphatic rings. The number of benzene rings is 2. The Hall–Kier alpha value is -4.80. The number of aromatic nitrogens is 4. The molecule has 1 amide bonds. The second-order valence-corrected chi connectivity index (χ2v) is 9.91. The highest BCUT2D eigenvalue weighted by Crippen LogP contribution is 2.34. The van der Waals surface area contributed by atoms with E-state index >= 15 is 4.39 Å². The summed E-state index contributed by atoms with van der Waals surface area (Å²) >= 11 is 0. The number of hydrogen-bond acceptors (Lipinski definition) is 5. The zero-order valence-corrected chi connectivity index (χ0v) is 21.6. The molecule has 0 aliphatic heterocycles. The fraction of sp³-hybridized carbons (Fsp3) is 0.179. The van der Waals surface area contributed by atoms with Crippen molar-refractivity contribution in [2.24, 2.45) is 0 Å². The maximum atomic E-state index is 15.0. The summed E-state index contributed by atoms with van der Waals surface area (Å²) in [5.41, 5.74) is 1.36. The topological polar surface area (TPSA) is 96.9 Å². The Kier molecular flexibility index (Phi) is 6.51. The van der Waals surface area contributed by atoms with Gasteiger partial charge in [0.25, 0.3) is 5.91 Å². The molecule has 11 heteroatoms. The number of nitrogens with one attached hydrogen (secondary N) is 3. The molecule has 39 heavy (non-hydrogen) atoms. The summed E-state index contributed by atoms with van der Waals surface area (Å²) in [6, 6.07) is 12.3. The van der Waals surface area contributed by atoms with E-state index in [9.17, 15) is 13.6 Å². The Morgan fingerprint density at radius 3 is 2.36 bits per heavy atom. The van der Waals surface area contributed by atoms with Crippen molar-refractivity contribution in [1.29, 1.82) is 0 Å². The third kappa shape index (κ3) is 5.28. The number of fused-ring (bicyclic) bond motifs is 1. The number of pyridine rings is 1. The lowest BCUT2D eigenvalue weighted by molar-refractivity contribution is 0.0958. The monoisotopic (exact) mass is 534 g/mol. The van der Waals surface area contributed by atoms with Crippen LogP contribution in [0, 0.1) is 17.5 Å². The number of carbonyl (C=O) groups is 1. The van der Waals surface area contributed by atoms with Crippen molar-refractivity contribution >= 4 is 28.4 Å². The fourth-order valence-corrected chi connectivity index (χ4v) is 4.13. The van der Waals surface area contributed by atoms with E-state index in [0.717, 1.165) is 11.5 Å². The maximum Gasteiger partial charge on any atom is 0.269 e. The summed E-state index contributed by atoms with van der Waals surface area (Å²) in [6.45, 7) is 5.93. The number of aromatic amines is 1. The quantitative estimate of drug-likeness (QED) is 0.236. The molecule has 2 aromatic carbocycles. The van der Waals surface area contributed by atoms with Crippen molar-refractivity contribution < 1.29 is 22.7 Å². The lowest BCUT2D eigenvalue weighted by Crippen LogP contribution is -2.18. The summed E-state index contributed by atoms with van der Waals surface area (Å²) < 4.78 is 50.1. The molecule has 0 radical (unpaired) electrons. The van der Waals surface area contributed by atoms with E-state index in [-0.39, 0.29) is 34.1 Å². The highest BCUT2D eigenvalue weighted by Gasteiger charge is 2.25. The number of hydrogen-bond donors (Lipinski definition) is 3. The van der Waals surface area contributed by atoms with Crippen LogP contribution in [-0.4, -0.2) is 32.7 Å². The first-order valence-electron chi connectivity index (χ1n) is 12.0. The minimum atomic E-state index is -0.725. The number of rotatable bonds is 6. The van der Waals surface area contributed by atoms with Gasteiger partial charge in [-0.25, -0.2) is 17.9 Å². The third-order valence-corrected chi connectivity index (χ3v) is 5.90. The zero-order chi connectivity index (χ0) is 27.9. The van der Waals surface area contributed by atoms with Crippen LogP contribution in [0.5, 0.6) is 11.5 Å². The zero-order valence-electron chi connectivity index (χ0n) is 21.6. The lowest BCUT2D eigenvalue weighted by Gasteiger charge is -2.15. The Morgan fingerprint density at radius 2 is 1.69 bits per heavy atom. The molecular weight excluding hydrogens is 509 g/mol. The van der Waals surface area contributed by atoms with E-state index in [1.165, 1.54) is 48.3 Å². The number of H-pyrrole nitrogens is 1. The highest BCUT2D eigenvalue weighted by atomic mass is 19.1. The van der Waals surface area contributed by atoms with E-state index in [1.54, 1.807) is 18.2 Å². The molecule has 8 nitrogen and oxygen atoms in total. The average Bonchev–Trinajstić information content (AvgIpc) is 3.43. The minimum Gasteiger partial charge on any atom is -0.457 e. The predicted octanol–water partition coefficient (Wildman–Crippen LogP) is 6.36. The van der Waals surface area contributed by atoms with Crippen LogP contribution in [0.15, 0.2) is 60.8 Å². The Morgan fingerprint density at radius 1 is 0.974 bits per heavy atom. The highest BCUT2D eigenvalue weighted by molar-refractivity contribution is 5.92. The molecule has 0 atom stereocenters. The van der Waals surface area contributed by atoms with Gasteiger partial charge in [-0.05, 0) is 36.4 Å². The number of nitrogens with zero attached hydrogens (tertiary/aromatic N) is 3. The van der Waals surface area contributed by atoms with Crippen molar-refractivity contribution in [3.8, 4) is 17.2 Å². The van der Waals surface area contributed by atoms with Gasteiger partial charge in [0.1, 0.15) is 46.1 Å². The molecule has 0 spiro atoms. The van der Waals surface area contributed by atoms with Crippen molar-refractivity contribution in [1.82, 2.24) is 25.1 Å². The average molecular weight is 535 g/mol. The van der Waals surface area contributed by atoms with E-state index in [0.29, 0.717) is 22.9 Å².